The molecule has 1 N–H and O–H groups in total. The van der Waals surface area contributed by atoms with Gasteiger partial charge < -0.3 is 5.11 Å². The lowest BCUT2D eigenvalue weighted by molar-refractivity contribution is 0.0675. The van der Waals surface area contributed by atoms with Crippen molar-refractivity contribution < 1.29 is 5.11 Å². The highest BCUT2D eigenvalue weighted by Crippen LogP contribution is 2.56. The maximum atomic E-state index is 9.46. The van der Waals surface area contributed by atoms with Gasteiger partial charge in [-0.05, 0) is 62.7 Å². The fourth-order valence-corrected chi connectivity index (χ4v) is 4.28. The highest BCUT2D eigenvalue weighted by Gasteiger charge is 2.44. The van der Waals surface area contributed by atoms with E-state index in [2.05, 4.69) is 6.08 Å². The zero-order chi connectivity index (χ0) is 9.71. The van der Waals surface area contributed by atoms with Gasteiger partial charge in [0.1, 0.15) is 0 Å². The molecule has 4 saturated carbocycles. The summed E-state index contributed by atoms with van der Waals surface area (Å²) in [5.41, 5.74) is 1.62. The van der Waals surface area contributed by atoms with Crippen LogP contribution >= 0.6 is 0 Å². The number of aliphatic hydroxyl groups is 1. The SMILES string of the molecule is CC(O)C=C1C2CC3CC(C2)CC1C3. The van der Waals surface area contributed by atoms with Gasteiger partial charge in [0.05, 0.1) is 6.10 Å². The van der Waals surface area contributed by atoms with Crippen molar-refractivity contribution in [3.63, 3.8) is 0 Å². The second-order valence-corrected chi connectivity index (χ2v) is 5.71. The van der Waals surface area contributed by atoms with Gasteiger partial charge in [0.2, 0.25) is 0 Å². The number of hydrogen-bond donors (Lipinski definition) is 1. The summed E-state index contributed by atoms with van der Waals surface area (Å²) in [5.74, 6) is 3.76. The average molecular weight is 192 g/mol. The van der Waals surface area contributed by atoms with Crippen LogP contribution < -0.4 is 0 Å². The van der Waals surface area contributed by atoms with E-state index in [4.69, 9.17) is 0 Å². The fourth-order valence-electron chi connectivity index (χ4n) is 4.28. The van der Waals surface area contributed by atoms with Crippen LogP contribution in [0, 0.1) is 23.7 Å². The molecule has 4 aliphatic carbocycles. The quantitative estimate of drug-likeness (QED) is 0.633. The van der Waals surface area contributed by atoms with Crippen molar-refractivity contribution in [1.82, 2.24) is 0 Å². The third-order valence-corrected chi connectivity index (χ3v) is 4.51. The first kappa shape index (κ1) is 8.96. The van der Waals surface area contributed by atoms with E-state index in [0.717, 1.165) is 23.7 Å². The molecule has 4 rings (SSSR count). The van der Waals surface area contributed by atoms with Crippen LogP contribution in [0.1, 0.15) is 39.0 Å². The summed E-state index contributed by atoms with van der Waals surface area (Å²) >= 11 is 0. The third kappa shape index (κ3) is 1.33. The Morgan fingerprint density at radius 2 is 1.57 bits per heavy atom. The van der Waals surface area contributed by atoms with E-state index < -0.39 is 0 Å². The van der Waals surface area contributed by atoms with Crippen LogP contribution in [-0.4, -0.2) is 11.2 Å². The van der Waals surface area contributed by atoms with Crippen LogP contribution in [0.3, 0.4) is 0 Å². The molecule has 1 nitrogen and oxygen atoms in total. The molecule has 1 heteroatoms. The highest BCUT2D eigenvalue weighted by atomic mass is 16.3. The monoisotopic (exact) mass is 192 g/mol. The van der Waals surface area contributed by atoms with E-state index in [9.17, 15) is 5.11 Å². The molecule has 1 atom stereocenters. The second kappa shape index (κ2) is 3.10. The smallest absolute Gasteiger partial charge is 0.0695 e. The molecule has 4 fully saturated rings. The molecule has 4 bridgehead atoms. The molecule has 0 radical (unpaired) electrons. The molecule has 0 amide bonds. The van der Waals surface area contributed by atoms with E-state index in [0.29, 0.717) is 0 Å². The first-order valence-electron chi connectivity index (χ1n) is 6.12. The minimum Gasteiger partial charge on any atom is -0.389 e. The molecule has 0 aromatic carbocycles. The molecule has 0 spiro atoms. The number of rotatable bonds is 1. The van der Waals surface area contributed by atoms with Crippen molar-refractivity contribution >= 4 is 0 Å². The standard InChI is InChI=1S/C13H20O/c1-8(14)2-13-11-4-9-3-10(6-11)7-12(13)5-9/h2,8-12,14H,3-7H2,1H3. The first-order valence-corrected chi connectivity index (χ1v) is 6.12. The van der Waals surface area contributed by atoms with Gasteiger partial charge in [0, 0.05) is 0 Å². The van der Waals surface area contributed by atoms with Crippen molar-refractivity contribution in [2.45, 2.75) is 45.1 Å². The van der Waals surface area contributed by atoms with Crippen LogP contribution in [-0.2, 0) is 0 Å². The Morgan fingerprint density at radius 1 is 1.07 bits per heavy atom. The van der Waals surface area contributed by atoms with Gasteiger partial charge in [-0.2, -0.15) is 0 Å². The lowest BCUT2D eigenvalue weighted by Gasteiger charge is -2.51. The maximum absolute atomic E-state index is 9.46. The normalized spacial score (nSPS) is 46.9. The zero-order valence-corrected chi connectivity index (χ0v) is 8.95. The Balaban J connectivity index is 1.88. The lowest BCUT2D eigenvalue weighted by Crippen LogP contribution is -2.40. The van der Waals surface area contributed by atoms with Gasteiger partial charge in [-0.1, -0.05) is 11.6 Å². The predicted octanol–water partition coefficient (Wildman–Crippen LogP) is 2.75. The van der Waals surface area contributed by atoms with E-state index >= 15 is 0 Å². The van der Waals surface area contributed by atoms with Crippen molar-refractivity contribution in [2.24, 2.45) is 23.7 Å². The molecule has 1 unspecified atom stereocenters. The van der Waals surface area contributed by atoms with Crippen LogP contribution in [0.2, 0.25) is 0 Å². The molecule has 78 valence electrons. The summed E-state index contributed by atoms with van der Waals surface area (Å²) in [5, 5.41) is 9.46. The van der Waals surface area contributed by atoms with E-state index in [-0.39, 0.29) is 6.10 Å². The summed E-state index contributed by atoms with van der Waals surface area (Å²) in [7, 11) is 0. The number of allylic oxidation sites excluding steroid dienone is 1. The summed E-state index contributed by atoms with van der Waals surface area (Å²) < 4.78 is 0. The predicted molar refractivity (Wildman–Crippen MR) is 56.8 cm³/mol. The maximum Gasteiger partial charge on any atom is 0.0695 e. The summed E-state index contributed by atoms with van der Waals surface area (Å²) in [6.07, 6.45) is 9.11. The Hall–Kier alpha value is -0.300. The molecule has 0 aliphatic heterocycles. The summed E-state index contributed by atoms with van der Waals surface area (Å²) in [6, 6.07) is 0. The van der Waals surface area contributed by atoms with Gasteiger partial charge in [-0.25, -0.2) is 0 Å². The van der Waals surface area contributed by atoms with Gasteiger partial charge in [-0.3, -0.25) is 0 Å². The average Bonchev–Trinajstić information content (AvgIpc) is 2.09. The molecule has 0 aromatic rings. The second-order valence-electron chi connectivity index (χ2n) is 5.71. The van der Waals surface area contributed by atoms with Crippen molar-refractivity contribution in [1.29, 1.82) is 0 Å². The highest BCUT2D eigenvalue weighted by molar-refractivity contribution is 5.21. The Bertz CT molecular complexity index is 234. The Labute approximate surface area is 86.2 Å². The van der Waals surface area contributed by atoms with Gasteiger partial charge in [0.25, 0.3) is 0 Å². The summed E-state index contributed by atoms with van der Waals surface area (Å²) in [6.45, 7) is 1.89. The van der Waals surface area contributed by atoms with Crippen LogP contribution in [0.4, 0.5) is 0 Å². The fraction of sp³-hybridized carbons (Fsp3) is 0.846. The minimum absolute atomic E-state index is 0.234. The van der Waals surface area contributed by atoms with Crippen LogP contribution in [0.5, 0.6) is 0 Å². The van der Waals surface area contributed by atoms with Gasteiger partial charge in [0.15, 0.2) is 0 Å². The molecule has 0 aromatic heterocycles. The molecule has 14 heavy (non-hydrogen) atoms. The largest absolute Gasteiger partial charge is 0.389 e. The van der Waals surface area contributed by atoms with Crippen LogP contribution in [0.15, 0.2) is 11.6 Å². The number of hydrogen-bond acceptors (Lipinski definition) is 1. The third-order valence-electron chi connectivity index (χ3n) is 4.51. The zero-order valence-electron chi connectivity index (χ0n) is 8.95. The topological polar surface area (TPSA) is 20.2 Å². The van der Waals surface area contributed by atoms with E-state index in [1.54, 1.807) is 5.57 Å². The molecule has 0 saturated heterocycles. The van der Waals surface area contributed by atoms with Crippen molar-refractivity contribution in [2.75, 3.05) is 0 Å². The van der Waals surface area contributed by atoms with Crippen molar-refractivity contribution in [3.8, 4) is 0 Å². The van der Waals surface area contributed by atoms with E-state index in [1.807, 2.05) is 6.92 Å². The number of aliphatic hydroxyl groups excluding tert-OH is 1. The first-order chi connectivity index (χ1) is 6.72. The van der Waals surface area contributed by atoms with Crippen LogP contribution in [0.25, 0.3) is 0 Å². The van der Waals surface area contributed by atoms with Gasteiger partial charge >= 0.3 is 0 Å². The Morgan fingerprint density at radius 3 is 2.00 bits per heavy atom. The van der Waals surface area contributed by atoms with Crippen molar-refractivity contribution in [3.05, 3.63) is 11.6 Å². The minimum atomic E-state index is -0.234. The van der Waals surface area contributed by atoms with Gasteiger partial charge in [-0.15, -0.1) is 0 Å². The molecular weight excluding hydrogens is 172 g/mol. The van der Waals surface area contributed by atoms with E-state index in [1.165, 1.54) is 32.1 Å². The molecule has 4 aliphatic rings. The lowest BCUT2D eigenvalue weighted by atomic mass is 9.54. The molecule has 0 heterocycles. The summed E-state index contributed by atoms with van der Waals surface area (Å²) in [4.78, 5) is 0. The Kier molecular flexibility index (Phi) is 1.98. The molecular formula is C13H20O.